The van der Waals surface area contributed by atoms with Crippen LogP contribution in [0.25, 0.3) is 0 Å². The minimum absolute atomic E-state index is 0.0307. The number of likely N-dealkylation sites (N-methyl/N-ethyl adjacent to an activating group) is 1. The van der Waals surface area contributed by atoms with E-state index >= 15 is 0 Å². The third-order valence-corrected chi connectivity index (χ3v) is 5.97. The monoisotopic (exact) mass is 548 g/mol. The van der Waals surface area contributed by atoms with Gasteiger partial charge >= 0.3 is 0 Å². The van der Waals surface area contributed by atoms with Gasteiger partial charge in [0.15, 0.2) is 0 Å². The zero-order valence-electron chi connectivity index (χ0n) is 23.5. The van der Waals surface area contributed by atoms with Crippen LogP contribution in [-0.4, -0.2) is 65.9 Å². The van der Waals surface area contributed by atoms with Crippen molar-refractivity contribution in [2.45, 2.75) is 84.0 Å². The second-order valence-electron chi connectivity index (χ2n) is 10.5. The molecule has 0 aromatic heterocycles. The number of hydrogen-bond donors (Lipinski definition) is 7. The van der Waals surface area contributed by atoms with Crippen LogP contribution < -0.4 is 32.7 Å². The largest absolute Gasteiger partial charge is 0.508 e. The molecule has 9 N–H and O–H groups in total. The molecular weight excluding hydrogens is 504 g/mol. The lowest BCUT2D eigenvalue weighted by atomic mass is 9.99. The van der Waals surface area contributed by atoms with Gasteiger partial charge in [0, 0.05) is 19.9 Å². The van der Waals surface area contributed by atoms with Crippen molar-refractivity contribution in [3.05, 3.63) is 29.8 Å². The predicted octanol–water partition coefficient (Wildman–Crippen LogP) is -0.180. The lowest BCUT2D eigenvalue weighted by Crippen LogP contribution is -2.58. The highest BCUT2D eigenvalue weighted by atomic mass is 16.3. The molecule has 12 heteroatoms. The van der Waals surface area contributed by atoms with E-state index in [0.717, 1.165) is 0 Å². The van der Waals surface area contributed by atoms with E-state index in [-0.39, 0.29) is 43.3 Å². The molecule has 0 spiro atoms. The molecule has 0 fully saturated rings. The van der Waals surface area contributed by atoms with Crippen LogP contribution >= 0.6 is 0 Å². The van der Waals surface area contributed by atoms with Gasteiger partial charge in [0.25, 0.3) is 0 Å². The summed E-state index contributed by atoms with van der Waals surface area (Å²) in [5.74, 6) is -2.65. The summed E-state index contributed by atoms with van der Waals surface area (Å²) < 4.78 is 0. The molecule has 0 saturated heterocycles. The van der Waals surface area contributed by atoms with Gasteiger partial charge in [0.1, 0.15) is 23.9 Å². The first kappa shape index (κ1) is 33.4. The highest BCUT2D eigenvalue weighted by Crippen LogP contribution is 2.13. The molecule has 12 nitrogen and oxygen atoms in total. The predicted molar refractivity (Wildman–Crippen MR) is 147 cm³/mol. The Morgan fingerprint density at radius 3 is 1.79 bits per heavy atom. The second-order valence-corrected chi connectivity index (χ2v) is 10.5. The number of aromatic hydroxyl groups is 1. The van der Waals surface area contributed by atoms with E-state index in [2.05, 4.69) is 21.3 Å². The van der Waals surface area contributed by atoms with Gasteiger partial charge in [0.2, 0.25) is 29.5 Å². The van der Waals surface area contributed by atoms with E-state index < -0.39 is 53.7 Å². The molecule has 0 saturated carbocycles. The number of carbonyl (C=O) groups is 5. The van der Waals surface area contributed by atoms with E-state index in [1.807, 2.05) is 27.7 Å². The van der Waals surface area contributed by atoms with Crippen LogP contribution in [0, 0.1) is 11.8 Å². The van der Waals surface area contributed by atoms with Gasteiger partial charge in [-0.05, 0) is 48.8 Å². The molecule has 39 heavy (non-hydrogen) atoms. The zero-order chi connectivity index (χ0) is 29.7. The number of carbonyl (C=O) groups excluding carboxylic acids is 5. The first-order valence-corrected chi connectivity index (χ1v) is 13.2. The first-order valence-electron chi connectivity index (χ1n) is 13.2. The molecule has 5 amide bonds. The zero-order valence-corrected chi connectivity index (χ0v) is 23.5. The normalized spacial score (nSPS) is 14.2. The number of phenols is 1. The summed E-state index contributed by atoms with van der Waals surface area (Å²) in [6.07, 6.45) is 0.538. The average Bonchev–Trinajstić information content (AvgIpc) is 2.85. The van der Waals surface area contributed by atoms with Crippen LogP contribution in [0.2, 0.25) is 0 Å². The summed E-state index contributed by atoms with van der Waals surface area (Å²) in [5, 5.41) is 19.9. The van der Waals surface area contributed by atoms with Crippen molar-refractivity contribution in [3.8, 4) is 5.75 Å². The molecule has 4 atom stereocenters. The van der Waals surface area contributed by atoms with Crippen molar-refractivity contribution in [3.63, 3.8) is 0 Å². The third-order valence-electron chi connectivity index (χ3n) is 5.97. The standard InChI is InChI=1S/C27H44N6O6/c1-15(2)12-19(28)24(36)32-21(13-16(3)4)27(39)31-20(10-11-23(29)35)26(38)33-22(25(37)30-5)14-17-6-8-18(34)9-7-17/h6-9,15-16,19-22,34H,10-14,28H2,1-5H3,(H2,29,35)(H,30,37)(H,31,39)(H,32,36)(H,33,38)/t19-,20-,21-,22-/m0/s1. The minimum Gasteiger partial charge on any atom is -0.508 e. The van der Waals surface area contributed by atoms with Crippen LogP contribution in [0.4, 0.5) is 0 Å². The maximum absolute atomic E-state index is 13.3. The van der Waals surface area contributed by atoms with Crippen LogP contribution in [0.3, 0.4) is 0 Å². The van der Waals surface area contributed by atoms with Crippen molar-refractivity contribution in [1.29, 1.82) is 0 Å². The van der Waals surface area contributed by atoms with Crippen LogP contribution in [0.15, 0.2) is 24.3 Å². The summed E-state index contributed by atoms with van der Waals surface area (Å²) in [7, 11) is 1.42. The van der Waals surface area contributed by atoms with Crippen LogP contribution in [0.1, 0.15) is 58.9 Å². The van der Waals surface area contributed by atoms with E-state index in [9.17, 15) is 29.1 Å². The number of rotatable bonds is 16. The number of primary amides is 1. The summed E-state index contributed by atoms with van der Waals surface area (Å²) in [6.45, 7) is 7.63. The SMILES string of the molecule is CNC(=O)[C@H](Cc1ccc(O)cc1)NC(=O)[C@H](CCC(N)=O)NC(=O)[C@H](CC(C)C)NC(=O)[C@@H](N)CC(C)C. The molecular formula is C27H44N6O6. The Morgan fingerprint density at radius 2 is 1.28 bits per heavy atom. The number of benzene rings is 1. The fourth-order valence-electron chi connectivity index (χ4n) is 3.95. The molecule has 0 bridgehead atoms. The van der Waals surface area contributed by atoms with Crippen LogP contribution in [-0.2, 0) is 30.4 Å². The molecule has 0 heterocycles. The van der Waals surface area contributed by atoms with Crippen LogP contribution in [0.5, 0.6) is 5.75 Å². The third kappa shape index (κ3) is 12.6. The molecule has 1 aromatic rings. The molecule has 0 radical (unpaired) electrons. The van der Waals surface area contributed by atoms with Gasteiger partial charge in [-0.25, -0.2) is 0 Å². The first-order chi connectivity index (χ1) is 18.2. The maximum Gasteiger partial charge on any atom is 0.243 e. The van der Waals surface area contributed by atoms with Crippen molar-refractivity contribution in [2.24, 2.45) is 23.3 Å². The average molecular weight is 549 g/mol. The highest BCUT2D eigenvalue weighted by Gasteiger charge is 2.31. The Morgan fingerprint density at radius 1 is 0.769 bits per heavy atom. The minimum atomic E-state index is -1.20. The number of amides is 5. The number of nitrogens with two attached hydrogens (primary N) is 2. The van der Waals surface area contributed by atoms with Crippen molar-refractivity contribution in [1.82, 2.24) is 21.3 Å². The Bertz CT molecular complexity index is 981. The number of phenolic OH excluding ortho intramolecular Hbond substituents is 1. The highest BCUT2D eigenvalue weighted by molar-refractivity contribution is 5.95. The number of hydrogen-bond acceptors (Lipinski definition) is 7. The molecule has 1 aromatic carbocycles. The Balaban J connectivity index is 3.10. The fraction of sp³-hybridized carbons (Fsp3) is 0.593. The quantitative estimate of drug-likeness (QED) is 0.148. The van der Waals surface area contributed by atoms with Crippen molar-refractivity contribution in [2.75, 3.05) is 7.05 Å². The number of nitrogens with one attached hydrogen (secondary N) is 4. The second kappa shape index (κ2) is 16.3. The molecule has 0 aliphatic rings. The van der Waals surface area contributed by atoms with Gasteiger partial charge in [-0.15, -0.1) is 0 Å². The smallest absolute Gasteiger partial charge is 0.243 e. The summed E-state index contributed by atoms with van der Waals surface area (Å²) in [4.78, 5) is 63.1. The molecule has 1 rings (SSSR count). The maximum atomic E-state index is 13.3. The molecule has 0 aliphatic heterocycles. The topological polar surface area (TPSA) is 206 Å². The summed E-state index contributed by atoms with van der Waals surface area (Å²) in [5.41, 5.74) is 11.9. The van der Waals surface area contributed by atoms with Gasteiger partial charge in [-0.3, -0.25) is 24.0 Å². The van der Waals surface area contributed by atoms with Gasteiger partial charge in [-0.2, -0.15) is 0 Å². The Labute approximate surface area is 230 Å². The van der Waals surface area contributed by atoms with Crippen molar-refractivity contribution < 1.29 is 29.1 Å². The summed E-state index contributed by atoms with van der Waals surface area (Å²) >= 11 is 0. The van der Waals surface area contributed by atoms with Gasteiger partial charge in [-0.1, -0.05) is 39.8 Å². The van der Waals surface area contributed by atoms with E-state index in [0.29, 0.717) is 12.0 Å². The Kier molecular flexibility index (Phi) is 14.0. The van der Waals surface area contributed by atoms with E-state index in [1.54, 1.807) is 12.1 Å². The lowest BCUT2D eigenvalue weighted by molar-refractivity contribution is -0.134. The van der Waals surface area contributed by atoms with Gasteiger partial charge in [0.05, 0.1) is 6.04 Å². The fourth-order valence-corrected chi connectivity index (χ4v) is 3.95. The van der Waals surface area contributed by atoms with Crippen molar-refractivity contribution >= 4 is 29.5 Å². The lowest BCUT2D eigenvalue weighted by Gasteiger charge is -2.26. The molecule has 218 valence electrons. The van der Waals surface area contributed by atoms with E-state index in [4.69, 9.17) is 11.5 Å². The Hall–Kier alpha value is -3.67. The molecule has 0 unspecified atom stereocenters. The van der Waals surface area contributed by atoms with E-state index in [1.165, 1.54) is 19.2 Å². The van der Waals surface area contributed by atoms with Gasteiger partial charge < -0.3 is 37.8 Å². The summed E-state index contributed by atoms with van der Waals surface area (Å²) in [6, 6.07) is 2.20. The molecule has 0 aliphatic carbocycles.